The minimum absolute atomic E-state index is 0.115. The first-order valence-electron chi connectivity index (χ1n) is 5.70. The normalized spacial score (nSPS) is 12.5. The highest BCUT2D eigenvalue weighted by Crippen LogP contribution is 2.05. The molecule has 15 heavy (non-hydrogen) atoms. The van der Waals surface area contributed by atoms with Crippen LogP contribution in [-0.2, 0) is 9.53 Å². The van der Waals surface area contributed by atoms with E-state index in [9.17, 15) is 4.79 Å². The van der Waals surface area contributed by atoms with Gasteiger partial charge >= 0.3 is 0 Å². The summed E-state index contributed by atoms with van der Waals surface area (Å²) < 4.78 is 4.92. The van der Waals surface area contributed by atoms with Gasteiger partial charge in [0.05, 0.1) is 0 Å². The monoisotopic (exact) mass is 216 g/mol. The number of ether oxygens (including phenoxy) is 1. The summed E-state index contributed by atoms with van der Waals surface area (Å²) >= 11 is 0. The first-order chi connectivity index (χ1) is 7.24. The summed E-state index contributed by atoms with van der Waals surface area (Å²) in [4.78, 5) is 11.4. The Balaban J connectivity index is 3.40. The Hall–Kier alpha value is -0.610. The Morgan fingerprint density at radius 1 is 1.47 bits per heavy atom. The smallest absolute Gasteiger partial charge is 0.220 e. The molecule has 0 aliphatic rings. The molecule has 0 aliphatic carbocycles. The molecular weight excluding hydrogens is 192 g/mol. The number of nitrogens with one attached hydrogen (secondary N) is 1. The molecule has 0 saturated heterocycles. The molecule has 4 heteroatoms. The summed E-state index contributed by atoms with van der Waals surface area (Å²) in [6, 6.07) is 0. The molecule has 0 aromatic carbocycles. The lowest BCUT2D eigenvalue weighted by Gasteiger charge is -2.11. The van der Waals surface area contributed by atoms with Crippen LogP contribution in [-0.4, -0.2) is 32.7 Å². The molecule has 0 spiro atoms. The number of unbranched alkanes of at least 4 members (excludes halogenated alkanes) is 1. The molecule has 4 nitrogen and oxygen atoms in total. The van der Waals surface area contributed by atoms with Gasteiger partial charge in [-0.25, -0.2) is 0 Å². The first-order valence-corrected chi connectivity index (χ1v) is 5.70. The maximum absolute atomic E-state index is 11.4. The number of hydrogen-bond donors (Lipinski definition) is 2. The Kier molecular flexibility index (Phi) is 9.52. The SMILES string of the molecule is CCC(CN)CC(=O)NCCCCOC. The second kappa shape index (κ2) is 9.93. The Morgan fingerprint density at radius 3 is 2.73 bits per heavy atom. The largest absolute Gasteiger partial charge is 0.385 e. The average molecular weight is 216 g/mol. The third kappa shape index (κ3) is 8.39. The van der Waals surface area contributed by atoms with Crippen molar-refractivity contribution >= 4 is 5.91 Å². The minimum atomic E-state index is 0.115. The summed E-state index contributed by atoms with van der Waals surface area (Å²) in [7, 11) is 1.69. The van der Waals surface area contributed by atoms with Gasteiger partial charge in [0.2, 0.25) is 5.91 Å². The molecule has 1 amide bonds. The molecule has 1 atom stereocenters. The fourth-order valence-corrected chi connectivity index (χ4v) is 1.33. The lowest BCUT2D eigenvalue weighted by molar-refractivity contribution is -0.122. The second-order valence-corrected chi connectivity index (χ2v) is 3.76. The molecule has 0 saturated carbocycles. The van der Waals surface area contributed by atoms with Crippen LogP contribution in [0, 0.1) is 5.92 Å². The van der Waals surface area contributed by atoms with E-state index in [1.54, 1.807) is 7.11 Å². The van der Waals surface area contributed by atoms with Crippen LogP contribution < -0.4 is 11.1 Å². The van der Waals surface area contributed by atoms with Gasteiger partial charge in [-0.15, -0.1) is 0 Å². The molecule has 1 unspecified atom stereocenters. The number of hydrogen-bond acceptors (Lipinski definition) is 3. The number of nitrogens with two attached hydrogens (primary N) is 1. The summed E-state index contributed by atoms with van der Waals surface area (Å²) in [5.74, 6) is 0.439. The molecule has 0 aromatic heterocycles. The van der Waals surface area contributed by atoms with Gasteiger partial charge in [-0.05, 0) is 25.3 Å². The third-order valence-electron chi connectivity index (χ3n) is 2.48. The maximum Gasteiger partial charge on any atom is 0.220 e. The zero-order chi connectivity index (χ0) is 11.5. The van der Waals surface area contributed by atoms with Crippen molar-refractivity contribution in [3.8, 4) is 0 Å². The summed E-state index contributed by atoms with van der Waals surface area (Å²) in [5.41, 5.74) is 5.53. The standard InChI is InChI=1S/C11H24N2O2/c1-3-10(9-12)8-11(14)13-6-4-5-7-15-2/h10H,3-9,12H2,1-2H3,(H,13,14). The van der Waals surface area contributed by atoms with Crippen molar-refractivity contribution in [1.82, 2.24) is 5.32 Å². The van der Waals surface area contributed by atoms with Gasteiger partial charge in [-0.1, -0.05) is 13.3 Å². The quantitative estimate of drug-likeness (QED) is 0.563. The number of carbonyl (C=O) groups excluding carboxylic acids is 1. The molecule has 0 bridgehead atoms. The van der Waals surface area contributed by atoms with E-state index in [2.05, 4.69) is 12.2 Å². The van der Waals surface area contributed by atoms with Gasteiger partial charge in [0.25, 0.3) is 0 Å². The van der Waals surface area contributed by atoms with Crippen molar-refractivity contribution < 1.29 is 9.53 Å². The van der Waals surface area contributed by atoms with E-state index in [1.165, 1.54) is 0 Å². The number of amides is 1. The fraction of sp³-hybridized carbons (Fsp3) is 0.909. The van der Waals surface area contributed by atoms with Crippen LogP contribution in [0.3, 0.4) is 0 Å². The van der Waals surface area contributed by atoms with Crippen molar-refractivity contribution in [3.05, 3.63) is 0 Å². The molecule has 0 fully saturated rings. The third-order valence-corrected chi connectivity index (χ3v) is 2.48. The van der Waals surface area contributed by atoms with Crippen LogP contribution in [0.4, 0.5) is 0 Å². The zero-order valence-corrected chi connectivity index (χ0v) is 9.92. The first kappa shape index (κ1) is 14.4. The van der Waals surface area contributed by atoms with Crippen LogP contribution in [0.1, 0.15) is 32.6 Å². The minimum Gasteiger partial charge on any atom is -0.385 e. The van der Waals surface area contributed by atoms with Crippen molar-refractivity contribution in [2.75, 3.05) is 26.8 Å². The van der Waals surface area contributed by atoms with Gasteiger partial charge in [-0.3, -0.25) is 4.79 Å². The summed E-state index contributed by atoms with van der Waals surface area (Å²) in [6.45, 7) is 4.15. The topological polar surface area (TPSA) is 64.4 Å². The second-order valence-electron chi connectivity index (χ2n) is 3.76. The molecule has 0 radical (unpaired) electrons. The molecule has 0 rings (SSSR count). The van der Waals surface area contributed by atoms with Crippen LogP contribution >= 0.6 is 0 Å². The van der Waals surface area contributed by atoms with E-state index in [0.29, 0.717) is 18.9 Å². The van der Waals surface area contributed by atoms with Gasteiger partial charge in [0.15, 0.2) is 0 Å². The Bertz CT molecular complexity index is 159. The predicted molar refractivity (Wildman–Crippen MR) is 61.6 cm³/mol. The van der Waals surface area contributed by atoms with E-state index in [1.807, 2.05) is 0 Å². The number of carbonyl (C=O) groups is 1. The Labute approximate surface area is 92.6 Å². The van der Waals surface area contributed by atoms with Crippen molar-refractivity contribution in [2.45, 2.75) is 32.6 Å². The molecule has 0 heterocycles. The number of rotatable bonds is 9. The molecule has 0 aromatic rings. The summed E-state index contributed by atoms with van der Waals surface area (Å²) in [5, 5.41) is 2.89. The van der Waals surface area contributed by atoms with Gasteiger partial charge in [-0.2, -0.15) is 0 Å². The lowest BCUT2D eigenvalue weighted by atomic mass is 10.0. The van der Waals surface area contributed by atoms with Crippen LogP contribution in [0.15, 0.2) is 0 Å². The van der Waals surface area contributed by atoms with Crippen LogP contribution in [0.5, 0.6) is 0 Å². The average Bonchev–Trinajstić information content (AvgIpc) is 2.25. The van der Waals surface area contributed by atoms with Gasteiger partial charge < -0.3 is 15.8 Å². The van der Waals surface area contributed by atoms with E-state index in [-0.39, 0.29) is 5.91 Å². The predicted octanol–water partition coefficient (Wildman–Crippen LogP) is 0.904. The van der Waals surface area contributed by atoms with E-state index >= 15 is 0 Å². The van der Waals surface area contributed by atoms with Crippen molar-refractivity contribution in [2.24, 2.45) is 11.7 Å². The van der Waals surface area contributed by atoms with Gasteiger partial charge in [0, 0.05) is 26.7 Å². The maximum atomic E-state index is 11.4. The van der Waals surface area contributed by atoms with E-state index in [0.717, 1.165) is 32.4 Å². The van der Waals surface area contributed by atoms with Crippen molar-refractivity contribution in [1.29, 1.82) is 0 Å². The molecule has 90 valence electrons. The molecular formula is C11H24N2O2. The summed E-state index contributed by atoms with van der Waals surface area (Å²) in [6.07, 6.45) is 3.48. The zero-order valence-electron chi connectivity index (χ0n) is 9.92. The molecule has 0 aliphatic heterocycles. The number of methoxy groups -OCH3 is 1. The fourth-order valence-electron chi connectivity index (χ4n) is 1.33. The molecule has 3 N–H and O–H groups in total. The van der Waals surface area contributed by atoms with Crippen LogP contribution in [0.2, 0.25) is 0 Å². The van der Waals surface area contributed by atoms with E-state index in [4.69, 9.17) is 10.5 Å². The van der Waals surface area contributed by atoms with Crippen LogP contribution in [0.25, 0.3) is 0 Å². The highest BCUT2D eigenvalue weighted by molar-refractivity contribution is 5.76. The van der Waals surface area contributed by atoms with E-state index < -0.39 is 0 Å². The van der Waals surface area contributed by atoms with Gasteiger partial charge in [0.1, 0.15) is 0 Å². The Morgan fingerprint density at radius 2 is 2.20 bits per heavy atom. The van der Waals surface area contributed by atoms with Crippen molar-refractivity contribution in [3.63, 3.8) is 0 Å². The highest BCUT2D eigenvalue weighted by Gasteiger charge is 2.09. The highest BCUT2D eigenvalue weighted by atomic mass is 16.5. The lowest BCUT2D eigenvalue weighted by Crippen LogP contribution is -2.28.